The van der Waals surface area contributed by atoms with Gasteiger partial charge in [-0.15, -0.1) is 0 Å². The maximum atomic E-state index is 9.64. The van der Waals surface area contributed by atoms with Gasteiger partial charge in [0.2, 0.25) is 5.95 Å². The molecule has 0 aliphatic rings. The van der Waals surface area contributed by atoms with Gasteiger partial charge in [0.05, 0.1) is 6.10 Å². The van der Waals surface area contributed by atoms with Crippen LogP contribution in [0.25, 0.3) is 0 Å². The van der Waals surface area contributed by atoms with E-state index in [1.165, 1.54) is 0 Å². The molecule has 90 valence electrons. The molecule has 0 aliphatic carbocycles. The molecular formula is C11H20N4O. The molecule has 3 N–H and O–H groups in total. The zero-order chi connectivity index (χ0) is 12.0. The first-order chi connectivity index (χ1) is 7.63. The van der Waals surface area contributed by atoms with E-state index >= 15 is 0 Å². The van der Waals surface area contributed by atoms with Crippen molar-refractivity contribution in [3.05, 3.63) is 12.3 Å². The molecule has 1 atom stereocenters. The van der Waals surface area contributed by atoms with E-state index < -0.39 is 0 Å². The van der Waals surface area contributed by atoms with Crippen LogP contribution >= 0.6 is 0 Å². The highest BCUT2D eigenvalue weighted by atomic mass is 16.3. The number of aromatic nitrogens is 2. The third-order valence-electron chi connectivity index (χ3n) is 2.25. The first-order valence-electron chi connectivity index (χ1n) is 5.62. The summed E-state index contributed by atoms with van der Waals surface area (Å²) >= 11 is 0. The molecule has 0 saturated heterocycles. The van der Waals surface area contributed by atoms with Gasteiger partial charge in [0.25, 0.3) is 0 Å². The van der Waals surface area contributed by atoms with Crippen LogP contribution in [-0.4, -0.2) is 34.3 Å². The normalized spacial score (nSPS) is 12.6. The minimum atomic E-state index is -0.363. The van der Waals surface area contributed by atoms with E-state index in [0.717, 1.165) is 12.4 Å². The lowest BCUT2D eigenvalue weighted by Crippen LogP contribution is -2.25. The second kappa shape index (κ2) is 6.27. The number of anilines is 2. The Balaban J connectivity index is 2.50. The quantitative estimate of drug-likeness (QED) is 0.680. The highest BCUT2D eigenvalue weighted by molar-refractivity contribution is 5.39. The summed E-state index contributed by atoms with van der Waals surface area (Å²) in [4.78, 5) is 8.32. The van der Waals surface area contributed by atoms with Gasteiger partial charge in [-0.05, 0) is 18.9 Å². The summed E-state index contributed by atoms with van der Waals surface area (Å²) in [6, 6.07) is 1.79. The molecule has 1 aromatic rings. The third kappa shape index (κ3) is 4.02. The minimum absolute atomic E-state index is 0.238. The van der Waals surface area contributed by atoms with Gasteiger partial charge < -0.3 is 15.7 Å². The van der Waals surface area contributed by atoms with Crippen LogP contribution in [0, 0.1) is 5.92 Å². The highest BCUT2D eigenvalue weighted by Crippen LogP contribution is 2.07. The van der Waals surface area contributed by atoms with Crippen LogP contribution < -0.4 is 10.6 Å². The van der Waals surface area contributed by atoms with E-state index in [2.05, 4.69) is 20.6 Å². The number of rotatable bonds is 6. The van der Waals surface area contributed by atoms with Gasteiger partial charge in [-0.2, -0.15) is 4.98 Å². The van der Waals surface area contributed by atoms with Crippen molar-refractivity contribution in [2.75, 3.05) is 23.7 Å². The summed E-state index contributed by atoms with van der Waals surface area (Å²) in [6.07, 6.45) is 1.33. The average Bonchev–Trinajstić information content (AvgIpc) is 2.26. The summed E-state index contributed by atoms with van der Waals surface area (Å²) in [5, 5.41) is 15.8. The van der Waals surface area contributed by atoms with Gasteiger partial charge in [-0.1, -0.05) is 13.8 Å². The molecule has 0 amide bonds. The number of hydrogen-bond donors (Lipinski definition) is 3. The maximum Gasteiger partial charge on any atom is 0.224 e. The summed E-state index contributed by atoms with van der Waals surface area (Å²) in [5.41, 5.74) is 0. The average molecular weight is 224 g/mol. The fourth-order valence-electron chi connectivity index (χ4n) is 1.15. The molecule has 1 rings (SSSR count). The molecule has 0 aliphatic heterocycles. The van der Waals surface area contributed by atoms with Gasteiger partial charge in [-0.25, -0.2) is 4.98 Å². The molecule has 1 unspecified atom stereocenters. The van der Waals surface area contributed by atoms with Crippen molar-refractivity contribution in [3.63, 3.8) is 0 Å². The maximum absolute atomic E-state index is 9.64. The smallest absolute Gasteiger partial charge is 0.224 e. The first-order valence-corrected chi connectivity index (χ1v) is 5.62. The Labute approximate surface area is 96.3 Å². The lowest BCUT2D eigenvalue weighted by Gasteiger charge is -2.15. The molecule has 1 aromatic heterocycles. The third-order valence-corrected chi connectivity index (χ3v) is 2.25. The van der Waals surface area contributed by atoms with Crippen molar-refractivity contribution in [1.82, 2.24) is 9.97 Å². The molecule has 5 heteroatoms. The van der Waals surface area contributed by atoms with E-state index in [1.54, 1.807) is 12.3 Å². The number of aliphatic hydroxyl groups is 1. The Morgan fingerprint density at radius 1 is 1.38 bits per heavy atom. The van der Waals surface area contributed by atoms with Crippen LogP contribution in [0.3, 0.4) is 0 Å². The number of hydrogen-bond acceptors (Lipinski definition) is 5. The van der Waals surface area contributed by atoms with Gasteiger partial charge in [0.1, 0.15) is 5.82 Å². The Morgan fingerprint density at radius 3 is 2.75 bits per heavy atom. The molecule has 0 aromatic carbocycles. The summed E-state index contributed by atoms with van der Waals surface area (Å²) < 4.78 is 0. The van der Waals surface area contributed by atoms with Gasteiger partial charge in [0, 0.05) is 19.3 Å². The summed E-state index contributed by atoms with van der Waals surface area (Å²) in [5.74, 6) is 1.57. The number of nitrogens with zero attached hydrogens (tertiary/aromatic N) is 2. The van der Waals surface area contributed by atoms with Crippen LogP contribution in [0.4, 0.5) is 11.8 Å². The summed E-state index contributed by atoms with van der Waals surface area (Å²) in [7, 11) is 0. The van der Waals surface area contributed by atoms with Crippen molar-refractivity contribution in [1.29, 1.82) is 0 Å². The molecule has 16 heavy (non-hydrogen) atoms. The molecule has 5 nitrogen and oxygen atoms in total. The zero-order valence-electron chi connectivity index (χ0n) is 10.1. The Morgan fingerprint density at radius 2 is 2.12 bits per heavy atom. The predicted molar refractivity (Wildman–Crippen MR) is 65.5 cm³/mol. The molecule has 0 bridgehead atoms. The lowest BCUT2D eigenvalue weighted by atomic mass is 10.1. The second-order valence-electron chi connectivity index (χ2n) is 3.99. The monoisotopic (exact) mass is 224 g/mol. The van der Waals surface area contributed by atoms with E-state index in [1.807, 2.05) is 20.8 Å². The van der Waals surface area contributed by atoms with Crippen LogP contribution in [0.1, 0.15) is 20.8 Å². The lowest BCUT2D eigenvalue weighted by molar-refractivity contribution is 0.138. The van der Waals surface area contributed by atoms with E-state index in [0.29, 0.717) is 12.5 Å². The van der Waals surface area contributed by atoms with Crippen LogP contribution in [0.15, 0.2) is 12.3 Å². The van der Waals surface area contributed by atoms with Gasteiger partial charge in [-0.3, -0.25) is 0 Å². The van der Waals surface area contributed by atoms with E-state index in [9.17, 15) is 5.11 Å². The first kappa shape index (κ1) is 12.7. The second-order valence-corrected chi connectivity index (χ2v) is 3.99. The standard InChI is InChI=1S/C11H20N4O/c1-4-12-11-13-6-5-10(15-11)14-7-9(16)8(2)3/h5-6,8-9,16H,4,7H2,1-3H3,(H2,12,13,14,15). The largest absolute Gasteiger partial charge is 0.391 e. The van der Waals surface area contributed by atoms with E-state index in [-0.39, 0.29) is 12.0 Å². The Hall–Kier alpha value is -1.36. The highest BCUT2D eigenvalue weighted by Gasteiger charge is 2.08. The van der Waals surface area contributed by atoms with Crippen molar-refractivity contribution >= 4 is 11.8 Å². The van der Waals surface area contributed by atoms with E-state index in [4.69, 9.17) is 0 Å². The topological polar surface area (TPSA) is 70.1 Å². The summed E-state index contributed by atoms with van der Waals surface area (Å²) in [6.45, 7) is 7.25. The minimum Gasteiger partial charge on any atom is -0.391 e. The SMILES string of the molecule is CCNc1nccc(NCC(O)C(C)C)n1. The molecule has 1 heterocycles. The number of aliphatic hydroxyl groups excluding tert-OH is 1. The van der Waals surface area contributed by atoms with Crippen molar-refractivity contribution in [2.24, 2.45) is 5.92 Å². The molecule has 0 spiro atoms. The van der Waals surface area contributed by atoms with Crippen LogP contribution in [-0.2, 0) is 0 Å². The van der Waals surface area contributed by atoms with Crippen molar-refractivity contribution in [2.45, 2.75) is 26.9 Å². The predicted octanol–water partition coefficient (Wildman–Crippen LogP) is 1.34. The number of nitrogens with one attached hydrogen (secondary N) is 2. The Bertz CT molecular complexity index is 317. The fraction of sp³-hybridized carbons (Fsp3) is 0.636. The van der Waals surface area contributed by atoms with Crippen molar-refractivity contribution in [3.8, 4) is 0 Å². The van der Waals surface area contributed by atoms with Crippen LogP contribution in [0.5, 0.6) is 0 Å². The molecule has 0 fully saturated rings. The zero-order valence-corrected chi connectivity index (χ0v) is 10.1. The van der Waals surface area contributed by atoms with Crippen molar-refractivity contribution < 1.29 is 5.11 Å². The molecular weight excluding hydrogens is 204 g/mol. The molecule has 0 saturated carbocycles. The van der Waals surface area contributed by atoms with Gasteiger partial charge in [0.15, 0.2) is 0 Å². The van der Waals surface area contributed by atoms with Gasteiger partial charge >= 0.3 is 0 Å². The fourth-order valence-corrected chi connectivity index (χ4v) is 1.15. The molecule has 0 radical (unpaired) electrons. The van der Waals surface area contributed by atoms with Crippen LogP contribution in [0.2, 0.25) is 0 Å². The Kier molecular flexibility index (Phi) is 4.98.